The van der Waals surface area contributed by atoms with Crippen molar-refractivity contribution >= 4 is 43.4 Å². The zero-order chi connectivity index (χ0) is 21.5. The van der Waals surface area contributed by atoms with Crippen molar-refractivity contribution in [2.45, 2.75) is 12.8 Å². The van der Waals surface area contributed by atoms with Gasteiger partial charge in [0.05, 0.1) is 0 Å². The van der Waals surface area contributed by atoms with Gasteiger partial charge >= 0.3 is 0 Å². The molecule has 0 atom stereocenters. The van der Waals surface area contributed by atoms with Crippen LogP contribution in [0.1, 0.15) is 18.7 Å². The molecule has 154 valence electrons. The average molecular weight is 480 g/mol. The number of rotatable bonds is 3. The van der Waals surface area contributed by atoms with Crippen LogP contribution in [0, 0.1) is 0 Å². The maximum atomic E-state index is 6.09. The molecule has 1 aliphatic carbocycles. The van der Waals surface area contributed by atoms with Crippen LogP contribution in [0.5, 0.6) is 0 Å². The summed E-state index contributed by atoms with van der Waals surface area (Å²) in [4.78, 5) is 14.7. The van der Waals surface area contributed by atoms with E-state index in [0.29, 0.717) is 17.5 Å². The average Bonchev–Trinajstić information content (AvgIpc) is 3.23. The van der Waals surface area contributed by atoms with Gasteiger partial charge in [-0.3, -0.25) is 0 Å². The Bertz CT molecular complexity index is 1530. The van der Waals surface area contributed by atoms with Crippen LogP contribution in [0.2, 0.25) is 0 Å². The van der Waals surface area contributed by atoms with E-state index >= 15 is 0 Å². The van der Waals surface area contributed by atoms with Crippen LogP contribution in [-0.2, 0) is 0 Å². The summed E-state index contributed by atoms with van der Waals surface area (Å²) in [6.45, 7) is 0. The molecule has 5 heteroatoms. The molecule has 0 amide bonds. The molecule has 0 N–H and O–H groups in total. The first-order chi connectivity index (χ1) is 15.8. The van der Waals surface area contributed by atoms with Gasteiger partial charge in [-0.15, -0.1) is 0 Å². The van der Waals surface area contributed by atoms with Gasteiger partial charge < -0.3 is 4.42 Å². The van der Waals surface area contributed by atoms with E-state index in [1.54, 1.807) is 0 Å². The Morgan fingerprint density at radius 3 is 2.34 bits per heavy atom. The van der Waals surface area contributed by atoms with E-state index in [9.17, 15) is 0 Å². The van der Waals surface area contributed by atoms with Crippen molar-refractivity contribution < 1.29 is 4.42 Å². The third kappa shape index (κ3) is 3.35. The van der Waals surface area contributed by atoms with E-state index in [4.69, 9.17) is 19.4 Å². The van der Waals surface area contributed by atoms with Crippen LogP contribution in [0.3, 0.4) is 0 Å². The lowest BCUT2D eigenvalue weighted by atomic mass is 10.0. The number of hydrogen-bond acceptors (Lipinski definition) is 4. The van der Waals surface area contributed by atoms with Crippen LogP contribution in [0.4, 0.5) is 0 Å². The Hall–Kier alpha value is -3.57. The minimum atomic E-state index is 0.641. The van der Waals surface area contributed by atoms with Gasteiger partial charge in [-0.1, -0.05) is 82.7 Å². The first-order valence-corrected chi connectivity index (χ1v) is 11.3. The standard InChI is InChI=1S/C27H18BrN3O/c28-19-11-6-10-18(16-19)26-29-25(17-8-2-1-3-9-17)30-27(31-26)21-13-7-15-23-24(21)20-12-4-5-14-22(20)32-23/h1-5,7-10,12-16H,6,11H2. The highest BCUT2D eigenvalue weighted by Gasteiger charge is 2.18. The van der Waals surface area contributed by atoms with Crippen molar-refractivity contribution in [2.75, 3.05) is 0 Å². The molecule has 2 aromatic heterocycles. The van der Waals surface area contributed by atoms with Crippen LogP contribution < -0.4 is 0 Å². The number of furan rings is 1. The Kier molecular flexibility index (Phi) is 4.69. The quantitative estimate of drug-likeness (QED) is 0.267. The van der Waals surface area contributed by atoms with E-state index in [-0.39, 0.29) is 0 Å². The molecule has 0 saturated heterocycles. The summed E-state index contributed by atoms with van der Waals surface area (Å²) in [7, 11) is 0. The fourth-order valence-corrected chi connectivity index (χ4v) is 4.60. The zero-order valence-corrected chi connectivity index (χ0v) is 18.7. The number of nitrogens with zero attached hydrogens (tertiary/aromatic N) is 3. The van der Waals surface area contributed by atoms with Gasteiger partial charge in [0.2, 0.25) is 0 Å². The number of hydrogen-bond donors (Lipinski definition) is 0. The molecule has 4 nitrogen and oxygen atoms in total. The Balaban J connectivity index is 1.63. The number of para-hydroxylation sites is 1. The third-order valence-corrected chi connectivity index (χ3v) is 6.25. The first kappa shape index (κ1) is 19.1. The molecule has 0 aliphatic heterocycles. The van der Waals surface area contributed by atoms with Crippen LogP contribution in [-0.4, -0.2) is 15.0 Å². The number of fused-ring (bicyclic) bond motifs is 3. The van der Waals surface area contributed by atoms with E-state index in [0.717, 1.165) is 56.0 Å². The van der Waals surface area contributed by atoms with Crippen LogP contribution in [0.25, 0.3) is 50.3 Å². The first-order valence-electron chi connectivity index (χ1n) is 10.5. The molecule has 3 aromatic carbocycles. The van der Waals surface area contributed by atoms with Gasteiger partial charge in [-0.2, -0.15) is 0 Å². The molecule has 0 saturated carbocycles. The summed E-state index contributed by atoms with van der Waals surface area (Å²) in [5, 5.41) is 2.08. The maximum absolute atomic E-state index is 6.09. The summed E-state index contributed by atoms with van der Waals surface area (Å²) in [6, 6.07) is 24.2. The highest BCUT2D eigenvalue weighted by Crippen LogP contribution is 2.36. The molecule has 32 heavy (non-hydrogen) atoms. The summed E-state index contributed by atoms with van der Waals surface area (Å²) in [5.41, 5.74) is 4.59. The van der Waals surface area contributed by atoms with Gasteiger partial charge in [0.1, 0.15) is 11.2 Å². The van der Waals surface area contributed by atoms with Crippen LogP contribution in [0.15, 0.2) is 93.8 Å². The monoisotopic (exact) mass is 479 g/mol. The van der Waals surface area contributed by atoms with Crippen molar-refractivity contribution in [3.8, 4) is 22.8 Å². The molecule has 0 radical (unpaired) electrons. The van der Waals surface area contributed by atoms with Crippen molar-refractivity contribution in [1.82, 2.24) is 15.0 Å². The maximum Gasteiger partial charge on any atom is 0.164 e. The largest absolute Gasteiger partial charge is 0.456 e. The second-order valence-electron chi connectivity index (χ2n) is 7.74. The van der Waals surface area contributed by atoms with Crippen molar-refractivity contribution in [2.24, 2.45) is 0 Å². The van der Waals surface area contributed by atoms with Gasteiger partial charge in [0.25, 0.3) is 0 Å². The van der Waals surface area contributed by atoms with E-state index in [2.05, 4.69) is 40.2 Å². The lowest BCUT2D eigenvalue weighted by Crippen LogP contribution is -2.03. The Morgan fingerprint density at radius 1 is 0.719 bits per heavy atom. The summed E-state index contributed by atoms with van der Waals surface area (Å²) < 4.78 is 7.25. The highest BCUT2D eigenvalue weighted by atomic mass is 79.9. The third-order valence-electron chi connectivity index (χ3n) is 5.63. The van der Waals surface area contributed by atoms with Crippen molar-refractivity contribution in [3.05, 3.63) is 95.3 Å². The lowest BCUT2D eigenvalue weighted by molar-refractivity contribution is 0.669. The minimum absolute atomic E-state index is 0.641. The predicted molar refractivity (Wildman–Crippen MR) is 132 cm³/mol. The summed E-state index contributed by atoms with van der Waals surface area (Å²) in [5.74, 6) is 1.98. The molecule has 5 aromatic rings. The van der Waals surface area contributed by atoms with E-state index in [1.807, 2.05) is 60.7 Å². The molecule has 2 heterocycles. The molecular weight excluding hydrogens is 462 g/mol. The molecule has 0 fully saturated rings. The second kappa shape index (κ2) is 7.84. The number of benzene rings is 3. The number of halogens is 1. The molecule has 1 aliphatic rings. The van der Waals surface area contributed by atoms with Gasteiger partial charge in [-0.05, 0) is 35.5 Å². The smallest absolute Gasteiger partial charge is 0.164 e. The summed E-state index contributed by atoms with van der Waals surface area (Å²) in [6.07, 6.45) is 6.24. The fraction of sp³-hybridized carbons (Fsp3) is 0.0741. The number of aromatic nitrogens is 3. The zero-order valence-electron chi connectivity index (χ0n) is 17.1. The summed E-state index contributed by atoms with van der Waals surface area (Å²) >= 11 is 3.64. The lowest BCUT2D eigenvalue weighted by Gasteiger charge is -2.12. The van der Waals surface area contributed by atoms with Crippen LogP contribution >= 0.6 is 15.9 Å². The normalized spacial score (nSPS) is 13.9. The predicted octanol–water partition coefficient (Wildman–Crippen LogP) is 7.56. The topological polar surface area (TPSA) is 51.8 Å². The molecule has 0 spiro atoms. The Morgan fingerprint density at radius 2 is 1.47 bits per heavy atom. The Labute approximate surface area is 193 Å². The highest BCUT2D eigenvalue weighted by molar-refractivity contribution is 9.11. The SMILES string of the molecule is BrC1=CC(c2nc(-c3ccccc3)nc(-c3cccc4oc5ccccc5c34)n2)=CCC1. The van der Waals surface area contributed by atoms with Gasteiger partial charge in [0.15, 0.2) is 17.5 Å². The van der Waals surface area contributed by atoms with Gasteiger partial charge in [-0.25, -0.2) is 15.0 Å². The van der Waals surface area contributed by atoms with E-state index in [1.165, 1.54) is 0 Å². The minimum Gasteiger partial charge on any atom is -0.456 e. The second-order valence-corrected chi connectivity index (χ2v) is 8.76. The van der Waals surface area contributed by atoms with Crippen molar-refractivity contribution in [3.63, 3.8) is 0 Å². The van der Waals surface area contributed by atoms with Gasteiger partial charge in [0, 0.05) is 27.5 Å². The number of allylic oxidation sites excluding steroid dienone is 4. The molecular formula is C27H18BrN3O. The van der Waals surface area contributed by atoms with E-state index < -0.39 is 0 Å². The fourth-order valence-electron chi connectivity index (χ4n) is 4.12. The van der Waals surface area contributed by atoms with Crippen molar-refractivity contribution in [1.29, 1.82) is 0 Å². The molecule has 0 bridgehead atoms. The molecule has 0 unspecified atom stereocenters. The molecule has 6 rings (SSSR count).